The van der Waals surface area contributed by atoms with E-state index in [9.17, 15) is 4.79 Å². The smallest absolute Gasteiger partial charge is 0.242 e. The molecule has 35 heavy (non-hydrogen) atoms. The van der Waals surface area contributed by atoms with Gasteiger partial charge in [0, 0.05) is 13.0 Å². The summed E-state index contributed by atoms with van der Waals surface area (Å²) < 4.78 is 12.8. The molecule has 0 spiro atoms. The number of nitrogens with one attached hydrogen (secondary N) is 1. The standard InChI is InChI=1S/C29H33N3O3/c1-19-15-24-25(16-20(19)2)32(28(31-24)18-22-9-7-6-8-10-22)21(3)29(33)30-14-13-23-11-12-26(34-4)27(17-23)35-5/h6-12,15-17,21H,13-14,18H2,1-5H3,(H,30,33)/t21-/m0/s1. The summed E-state index contributed by atoms with van der Waals surface area (Å²) in [4.78, 5) is 18.2. The first-order valence-electron chi connectivity index (χ1n) is 11.9. The van der Waals surface area contributed by atoms with Crippen LogP contribution in [0.5, 0.6) is 11.5 Å². The Morgan fingerprint density at radius 1 is 0.943 bits per heavy atom. The van der Waals surface area contributed by atoms with Crippen LogP contribution in [0.25, 0.3) is 11.0 Å². The SMILES string of the molecule is COc1ccc(CCNC(=O)[C@H](C)n2c(Cc3ccccc3)nc3cc(C)c(C)cc32)cc1OC. The van der Waals surface area contributed by atoms with Crippen LogP contribution in [0.2, 0.25) is 0 Å². The Bertz CT molecular complexity index is 1330. The van der Waals surface area contributed by atoms with Crippen molar-refractivity contribution >= 4 is 16.9 Å². The van der Waals surface area contributed by atoms with Crippen molar-refractivity contribution in [3.05, 3.63) is 88.7 Å². The Kier molecular flexibility index (Phi) is 7.39. The van der Waals surface area contributed by atoms with E-state index in [1.807, 2.05) is 43.3 Å². The zero-order chi connectivity index (χ0) is 24.9. The largest absolute Gasteiger partial charge is 0.493 e. The molecular formula is C29H33N3O3. The van der Waals surface area contributed by atoms with Gasteiger partial charge in [-0.25, -0.2) is 4.98 Å². The molecule has 0 radical (unpaired) electrons. The molecule has 0 aliphatic carbocycles. The van der Waals surface area contributed by atoms with Crippen LogP contribution < -0.4 is 14.8 Å². The second-order valence-electron chi connectivity index (χ2n) is 8.89. The molecule has 1 atom stereocenters. The first-order valence-corrected chi connectivity index (χ1v) is 11.9. The third kappa shape index (κ3) is 5.32. The van der Waals surface area contributed by atoms with Crippen LogP contribution in [0, 0.1) is 13.8 Å². The number of aromatic nitrogens is 2. The molecule has 6 heteroatoms. The number of hydrogen-bond donors (Lipinski definition) is 1. The van der Waals surface area contributed by atoms with Gasteiger partial charge in [-0.2, -0.15) is 0 Å². The van der Waals surface area contributed by atoms with Gasteiger partial charge in [0.25, 0.3) is 0 Å². The molecule has 1 amide bonds. The molecule has 0 saturated carbocycles. The Morgan fingerprint density at radius 3 is 2.37 bits per heavy atom. The quantitative estimate of drug-likeness (QED) is 0.365. The second kappa shape index (κ2) is 10.6. The van der Waals surface area contributed by atoms with E-state index in [-0.39, 0.29) is 5.91 Å². The molecule has 6 nitrogen and oxygen atoms in total. The van der Waals surface area contributed by atoms with Gasteiger partial charge in [0.05, 0.1) is 25.3 Å². The van der Waals surface area contributed by atoms with E-state index >= 15 is 0 Å². The van der Waals surface area contributed by atoms with Gasteiger partial charge in [0.15, 0.2) is 11.5 Å². The number of benzene rings is 3. The predicted octanol–water partition coefficient (Wildman–Crippen LogP) is 5.18. The van der Waals surface area contributed by atoms with Crippen LogP contribution in [0.3, 0.4) is 0 Å². The molecule has 0 bridgehead atoms. The maximum absolute atomic E-state index is 13.3. The number of nitrogens with zero attached hydrogens (tertiary/aromatic N) is 2. The number of ether oxygens (including phenoxy) is 2. The third-order valence-electron chi connectivity index (χ3n) is 6.51. The summed E-state index contributed by atoms with van der Waals surface area (Å²) >= 11 is 0. The lowest BCUT2D eigenvalue weighted by atomic mass is 10.1. The highest BCUT2D eigenvalue weighted by atomic mass is 16.5. The molecule has 4 rings (SSSR count). The predicted molar refractivity (Wildman–Crippen MR) is 139 cm³/mol. The summed E-state index contributed by atoms with van der Waals surface area (Å²) in [6.07, 6.45) is 1.36. The number of fused-ring (bicyclic) bond motifs is 1. The molecule has 1 aromatic heterocycles. The molecule has 4 aromatic rings. The van der Waals surface area contributed by atoms with Gasteiger partial charge in [-0.15, -0.1) is 0 Å². The summed E-state index contributed by atoms with van der Waals surface area (Å²) in [5.74, 6) is 2.24. The van der Waals surface area contributed by atoms with Crippen LogP contribution in [0.4, 0.5) is 0 Å². The summed E-state index contributed by atoms with van der Waals surface area (Å²) in [7, 11) is 3.24. The highest BCUT2D eigenvalue weighted by Gasteiger charge is 2.22. The fourth-order valence-electron chi connectivity index (χ4n) is 4.37. The molecule has 0 saturated heterocycles. The van der Waals surface area contributed by atoms with Crippen molar-refractivity contribution in [3.63, 3.8) is 0 Å². The summed E-state index contributed by atoms with van der Waals surface area (Å²) in [5, 5.41) is 3.11. The molecule has 0 fully saturated rings. The zero-order valence-electron chi connectivity index (χ0n) is 21.1. The van der Waals surface area contributed by atoms with Crippen molar-refractivity contribution in [1.82, 2.24) is 14.9 Å². The van der Waals surface area contributed by atoms with E-state index in [4.69, 9.17) is 14.5 Å². The summed E-state index contributed by atoms with van der Waals surface area (Å²) in [6.45, 7) is 6.65. The molecule has 0 aliphatic rings. The minimum atomic E-state index is -0.397. The Labute approximate surface area is 206 Å². The maximum atomic E-state index is 13.3. The highest BCUT2D eigenvalue weighted by molar-refractivity contribution is 5.85. The lowest BCUT2D eigenvalue weighted by Crippen LogP contribution is -2.33. The summed E-state index contributed by atoms with van der Waals surface area (Å²) in [6, 6.07) is 19.9. The lowest BCUT2D eigenvalue weighted by Gasteiger charge is -2.18. The number of hydrogen-bond acceptors (Lipinski definition) is 4. The van der Waals surface area contributed by atoms with Crippen molar-refractivity contribution < 1.29 is 14.3 Å². The van der Waals surface area contributed by atoms with E-state index in [1.54, 1.807) is 14.2 Å². The number of rotatable bonds is 9. The van der Waals surface area contributed by atoms with Crippen LogP contribution in [0.1, 0.15) is 41.0 Å². The van der Waals surface area contributed by atoms with Crippen molar-refractivity contribution in [2.45, 2.75) is 39.7 Å². The summed E-state index contributed by atoms with van der Waals surface area (Å²) in [5.41, 5.74) is 6.52. The zero-order valence-corrected chi connectivity index (χ0v) is 21.1. The van der Waals surface area contributed by atoms with Crippen molar-refractivity contribution in [3.8, 4) is 11.5 Å². The average molecular weight is 472 g/mol. The van der Waals surface area contributed by atoms with Gasteiger partial charge >= 0.3 is 0 Å². The van der Waals surface area contributed by atoms with E-state index in [0.29, 0.717) is 30.9 Å². The van der Waals surface area contributed by atoms with Crippen LogP contribution in [-0.4, -0.2) is 36.2 Å². The second-order valence-corrected chi connectivity index (χ2v) is 8.89. The van der Waals surface area contributed by atoms with Crippen molar-refractivity contribution in [2.75, 3.05) is 20.8 Å². The first-order chi connectivity index (χ1) is 16.9. The van der Waals surface area contributed by atoms with Crippen molar-refractivity contribution in [1.29, 1.82) is 0 Å². The average Bonchev–Trinajstić information content (AvgIpc) is 3.20. The van der Waals surface area contributed by atoms with E-state index in [0.717, 1.165) is 22.4 Å². The number of imidazole rings is 1. The lowest BCUT2D eigenvalue weighted by molar-refractivity contribution is -0.123. The number of amides is 1. The number of carbonyl (C=O) groups excluding carboxylic acids is 1. The first kappa shape index (κ1) is 24.3. The van der Waals surface area contributed by atoms with Crippen LogP contribution >= 0.6 is 0 Å². The molecule has 1 N–H and O–H groups in total. The van der Waals surface area contributed by atoms with Gasteiger partial charge < -0.3 is 19.4 Å². The molecule has 182 valence electrons. The maximum Gasteiger partial charge on any atom is 0.242 e. The van der Waals surface area contributed by atoms with E-state index < -0.39 is 6.04 Å². The van der Waals surface area contributed by atoms with Crippen molar-refractivity contribution in [2.24, 2.45) is 0 Å². The minimum absolute atomic E-state index is 0.0303. The molecule has 1 heterocycles. The normalized spacial score (nSPS) is 11.9. The van der Waals surface area contributed by atoms with Gasteiger partial charge in [0.2, 0.25) is 5.91 Å². The Balaban J connectivity index is 1.55. The monoisotopic (exact) mass is 471 g/mol. The van der Waals surface area contributed by atoms with Gasteiger partial charge in [-0.05, 0) is 73.7 Å². The van der Waals surface area contributed by atoms with E-state index in [1.165, 1.54) is 16.7 Å². The van der Waals surface area contributed by atoms with Gasteiger partial charge in [-0.3, -0.25) is 4.79 Å². The van der Waals surface area contributed by atoms with Gasteiger partial charge in [-0.1, -0.05) is 36.4 Å². The fourth-order valence-corrected chi connectivity index (χ4v) is 4.37. The number of aryl methyl sites for hydroxylation is 2. The van der Waals surface area contributed by atoms with E-state index in [2.05, 4.69) is 48.0 Å². The molecule has 3 aromatic carbocycles. The topological polar surface area (TPSA) is 65.4 Å². The highest BCUT2D eigenvalue weighted by Crippen LogP contribution is 2.28. The molecule has 0 unspecified atom stereocenters. The Hall–Kier alpha value is -3.80. The number of methoxy groups -OCH3 is 2. The van der Waals surface area contributed by atoms with Gasteiger partial charge in [0.1, 0.15) is 11.9 Å². The third-order valence-corrected chi connectivity index (χ3v) is 6.51. The molecular weight excluding hydrogens is 438 g/mol. The van der Waals surface area contributed by atoms with Crippen LogP contribution in [0.15, 0.2) is 60.7 Å². The Morgan fingerprint density at radius 2 is 1.66 bits per heavy atom. The van der Waals surface area contributed by atoms with Crippen LogP contribution in [-0.2, 0) is 17.6 Å². The minimum Gasteiger partial charge on any atom is -0.493 e. The number of carbonyl (C=O) groups is 1. The molecule has 0 aliphatic heterocycles. The fraction of sp³-hybridized carbons (Fsp3) is 0.310.